The summed E-state index contributed by atoms with van der Waals surface area (Å²) in [5.74, 6) is 1.84. The summed E-state index contributed by atoms with van der Waals surface area (Å²) in [5.41, 5.74) is 7.27. The molecule has 0 aliphatic heterocycles. The molecule has 6 heteroatoms. The minimum absolute atomic E-state index is 0.458. The molecule has 18 heavy (non-hydrogen) atoms. The van der Waals surface area contributed by atoms with Gasteiger partial charge in [-0.05, 0) is 34.5 Å². The number of nitrogen functional groups attached to an aromatic ring is 1. The highest BCUT2D eigenvalue weighted by Gasteiger charge is 2.15. The Morgan fingerprint density at radius 2 is 2.17 bits per heavy atom. The Morgan fingerprint density at radius 3 is 2.83 bits per heavy atom. The first kappa shape index (κ1) is 12.3. The van der Waals surface area contributed by atoms with Gasteiger partial charge in [-0.3, -0.25) is 0 Å². The van der Waals surface area contributed by atoms with Crippen molar-refractivity contribution in [3.05, 3.63) is 18.2 Å². The Kier molecular flexibility index (Phi) is 3.45. The van der Waals surface area contributed by atoms with Crippen LogP contribution >= 0.6 is 0 Å². The third-order valence-corrected chi connectivity index (χ3v) is 2.53. The minimum Gasteiger partial charge on any atom is -0.496 e. The topological polar surface area (TPSA) is 78.8 Å². The van der Waals surface area contributed by atoms with Crippen molar-refractivity contribution in [1.82, 2.24) is 20.2 Å². The van der Waals surface area contributed by atoms with Crippen molar-refractivity contribution in [2.45, 2.75) is 20.4 Å². The molecular formula is C12H17N5O. The number of methoxy groups -OCH3 is 1. The molecule has 2 rings (SSSR count). The molecule has 2 N–H and O–H groups in total. The summed E-state index contributed by atoms with van der Waals surface area (Å²) in [5, 5.41) is 11.8. The standard InChI is InChI=1S/C12H17N5O/c1-8(2)7-17-12(14-15-16-17)10-6-9(13)4-5-11(10)18-3/h4-6,8H,7,13H2,1-3H3. The van der Waals surface area contributed by atoms with E-state index in [1.54, 1.807) is 17.9 Å². The summed E-state index contributed by atoms with van der Waals surface area (Å²) in [7, 11) is 1.62. The quantitative estimate of drug-likeness (QED) is 0.830. The fourth-order valence-corrected chi connectivity index (χ4v) is 1.77. The average molecular weight is 247 g/mol. The second-order valence-electron chi connectivity index (χ2n) is 4.54. The Balaban J connectivity index is 2.48. The number of nitrogens with two attached hydrogens (primary N) is 1. The van der Waals surface area contributed by atoms with Gasteiger partial charge in [0.25, 0.3) is 0 Å². The van der Waals surface area contributed by atoms with Crippen LogP contribution in [0.4, 0.5) is 5.69 Å². The van der Waals surface area contributed by atoms with Gasteiger partial charge < -0.3 is 10.5 Å². The first-order valence-corrected chi connectivity index (χ1v) is 5.82. The molecule has 1 aromatic carbocycles. The van der Waals surface area contributed by atoms with E-state index in [0.717, 1.165) is 12.1 Å². The maximum Gasteiger partial charge on any atom is 0.185 e. The minimum atomic E-state index is 0.458. The van der Waals surface area contributed by atoms with Crippen molar-refractivity contribution in [2.24, 2.45) is 5.92 Å². The average Bonchev–Trinajstić information content (AvgIpc) is 2.76. The van der Waals surface area contributed by atoms with E-state index in [-0.39, 0.29) is 0 Å². The van der Waals surface area contributed by atoms with Crippen molar-refractivity contribution < 1.29 is 4.74 Å². The third-order valence-electron chi connectivity index (χ3n) is 2.53. The van der Waals surface area contributed by atoms with Crippen molar-refractivity contribution in [2.75, 3.05) is 12.8 Å². The highest BCUT2D eigenvalue weighted by atomic mass is 16.5. The van der Waals surface area contributed by atoms with Gasteiger partial charge in [-0.25, -0.2) is 4.68 Å². The van der Waals surface area contributed by atoms with Crippen molar-refractivity contribution in [1.29, 1.82) is 0 Å². The molecular weight excluding hydrogens is 230 g/mol. The van der Waals surface area contributed by atoms with Gasteiger partial charge in [-0.1, -0.05) is 13.8 Å². The molecule has 2 aromatic rings. The lowest BCUT2D eigenvalue weighted by atomic mass is 10.1. The van der Waals surface area contributed by atoms with Crippen molar-refractivity contribution >= 4 is 5.69 Å². The molecule has 0 amide bonds. The SMILES string of the molecule is COc1ccc(N)cc1-c1nnnn1CC(C)C. The molecule has 96 valence electrons. The zero-order chi connectivity index (χ0) is 13.1. The normalized spacial score (nSPS) is 10.9. The molecule has 6 nitrogen and oxygen atoms in total. The summed E-state index contributed by atoms with van der Waals surface area (Å²) < 4.78 is 7.09. The predicted octanol–water partition coefficient (Wildman–Crippen LogP) is 1.59. The first-order valence-electron chi connectivity index (χ1n) is 5.82. The van der Waals surface area contributed by atoms with Crippen LogP contribution in [0.5, 0.6) is 5.75 Å². The molecule has 0 bridgehead atoms. The smallest absolute Gasteiger partial charge is 0.185 e. The Labute approximate surface area is 106 Å². The molecule has 0 fully saturated rings. The second-order valence-corrected chi connectivity index (χ2v) is 4.54. The van der Waals surface area contributed by atoms with E-state index in [1.165, 1.54) is 0 Å². The molecule has 0 atom stereocenters. The summed E-state index contributed by atoms with van der Waals surface area (Å²) in [6.45, 7) is 4.98. The second kappa shape index (κ2) is 5.03. The highest BCUT2D eigenvalue weighted by Crippen LogP contribution is 2.30. The van der Waals surface area contributed by atoms with Gasteiger partial charge >= 0.3 is 0 Å². The van der Waals surface area contributed by atoms with Gasteiger partial charge in [0, 0.05) is 12.2 Å². The lowest BCUT2D eigenvalue weighted by molar-refractivity contribution is 0.415. The summed E-state index contributed by atoms with van der Waals surface area (Å²) in [4.78, 5) is 0. The van der Waals surface area contributed by atoms with Gasteiger partial charge in [0.05, 0.1) is 12.7 Å². The molecule has 0 aliphatic rings. The number of hydrogen-bond donors (Lipinski definition) is 1. The Bertz CT molecular complexity index is 535. The van der Waals surface area contributed by atoms with Gasteiger partial charge in [0.2, 0.25) is 0 Å². The molecule has 0 spiro atoms. The third kappa shape index (κ3) is 2.42. The summed E-state index contributed by atoms with van der Waals surface area (Å²) in [6, 6.07) is 5.43. The number of rotatable bonds is 4. The fourth-order valence-electron chi connectivity index (χ4n) is 1.77. The summed E-state index contributed by atoms with van der Waals surface area (Å²) >= 11 is 0. The maximum absolute atomic E-state index is 5.81. The lowest BCUT2D eigenvalue weighted by Gasteiger charge is -2.10. The van der Waals surface area contributed by atoms with E-state index in [1.807, 2.05) is 12.1 Å². The number of anilines is 1. The van der Waals surface area contributed by atoms with Crippen LogP contribution in [0.15, 0.2) is 18.2 Å². The van der Waals surface area contributed by atoms with Gasteiger partial charge in [-0.2, -0.15) is 0 Å². The molecule has 0 aliphatic carbocycles. The van der Waals surface area contributed by atoms with Crippen LogP contribution in [0.25, 0.3) is 11.4 Å². The van der Waals surface area contributed by atoms with E-state index in [9.17, 15) is 0 Å². The van der Waals surface area contributed by atoms with E-state index >= 15 is 0 Å². The van der Waals surface area contributed by atoms with E-state index in [4.69, 9.17) is 10.5 Å². The molecule has 0 saturated carbocycles. The number of tetrazole rings is 1. The molecule has 1 heterocycles. The van der Waals surface area contributed by atoms with E-state index in [2.05, 4.69) is 29.4 Å². The summed E-state index contributed by atoms with van der Waals surface area (Å²) in [6.07, 6.45) is 0. The van der Waals surface area contributed by atoms with Crippen molar-refractivity contribution in [3.8, 4) is 17.1 Å². The van der Waals surface area contributed by atoms with Crippen LogP contribution in [-0.4, -0.2) is 27.3 Å². The molecule has 0 radical (unpaired) electrons. The number of benzene rings is 1. The molecule has 0 saturated heterocycles. The molecule has 1 aromatic heterocycles. The number of hydrogen-bond acceptors (Lipinski definition) is 5. The van der Waals surface area contributed by atoms with Gasteiger partial charge in [0.15, 0.2) is 5.82 Å². The zero-order valence-electron chi connectivity index (χ0n) is 10.8. The number of aromatic nitrogens is 4. The first-order chi connectivity index (χ1) is 8.61. The van der Waals surface area contributed by atoms with Crippen LogP contribution in [0.1, 0.15) is 13.8 Å². The highest BCUT2D eigenvalue weighted by molar-refractivity contribution is 5.68. The predicted molar refractivity (Wildman–Crippen MR) is 69.1 cm³/mol. The Hall–Kier alpha value is -2.11. The monoisotopic (exact) mass is 247 g/mol. The van der Waals surface area contributed by atoms with Gasteiger partial charge in [0.1, 0.15) is 5.75 Å². The number of ether oxygens (including phenoxy) is 1. The van der Waals surface area contributed by atoms with Crippen molar-refractivity contribution in [3.63, 3.8) is 0 Å². The van der Waals surface area contributed by atoms with Gasteiger partial charge in [-0.15, -0.1) is 5.10 Å². The molecule has 0 unspecified atom stereocenters. The lowest BCUT2D eigenvalue weighted by Crippen LogP contribution is -2.08. The van der Waals surface area contributed by atoms with Crippen LogP contribution in [0, 0.1) is 5.92 Å². The van der Waals surface area contributed by atoms with Crippen LogP contribution in [-0.2, 0) is 6.54 Å². The fraction of sp³-hybridized carbons (Fsp3) is 0.417. The van der Waals surface area contributed by atoms with E-state index in [0.29, 0.717) is 23.2 Å². The largest absolute Gasteiger partial charge is 0.496 e. The maximum atomic E-state index is 5.81. The van der Waals surface area contributed by atoms with Crippen LogP contribution < -0.4 is 10.5 Å². The van der Waals surface area contributed by atoms with Crippen LogP contribution in [0.2, 0.25) is 0 Å². The van der Waals surface area contributed by atoms with E-state index < -0.39 is 0 Å². The van der Waals surface area contributed by atoms with Crippen LogP contribution in [0.3, 0.4) is 0 Å². The zero-order valence-corrected chi connectivity index (χ0v) is 10.8. The number of nitrogens with zero attached hydrogens (tertiary/aromatic N) is 4. The Morgan fingerprint density at radius 1 is 1.39 bits per heavy atom.